The number of ether oxygens (including phenoxy) is 1. The van der Waals surface area contributed by atoms with Crippen LogP contribution in [0.3, 0.4) is 0 Å². The Morgan fingerprint density at radius 2 is 2.35 bits per heavy atom. The lowest BCUT2D eigenvalue weighted by atomic mass is 9.98. The SMILES string of the molecule is CCOC(=O)C1CCCN(C(=O)CSc2ccsc2[N+](=O)[O-])C1. The number of thioether (sulfide) groups is 1. The van der Waals surface area contributed by atoms with E-state index in [1.165, 1.54) is 11.8 Å². The average molecular weight is 358 g/mol. The van der Waals surface area contributed by atoms with E-state index in [1.54, 1.807) is 23.3 Å². The molecule has 0 radical (unpaired) electrons. The van der Waals surface area contributed by atoms with E-state index >= 15 is 0 Å². The molecule has 1 aromatic heterocycles. The highest BCUT2D eigenvalue weighted by molar-refractivity contribution is 8.00. The van der Waals surface area contributed by atoms with Crippen molar-refractivity contribution < 1.29 is 19.2 Å². The molecule has 1 fully saturated rings. The summed E-state index contributed by atoms with van der Waals surface area (Å²) in [6.45, 7) is 3.07. The molecule has 0 bridgehead atoms. The van der Waals surface area contributed by atoms with E-state index in [0.717, 1.165) is 24.2 Å². The maximum atomic E-state index is 12.3. The molecule has 1 amide bonds. The smallest absolute Gasteiger partial charge is 0.337 e. The minimum absolute atomic E-state index is 0.0610. The van der Waals surface area contributed by atoms with Gasteiger partial charge in [0.05, 0.1) is 28.1 Å². The molecule has 9 heteroatoms. The number of hydrogen-bond donors (Lipinski definition) is 0. The zero-order valence-electron chi connectivity index (χ0n) is 12.7. The summed E-state index contributed by atoms with van der Waals surface area (Å²) in [5.74, 6) is -0.503. The maximum absolute atomic E-state index is 12.3. The maximum Gasteiger partial charge on any atom is 0.337 e. The molecule has 1 aliphatic heterocycles. The lowest BCUT2D eigenvalue weighted by molar-refractivity contribution is -0.382. The van der Waals surface area contributed by atoms with Gasteiger partial charge in [0.2, 0.25) is 5.91 Å². The molecule has 1 atom stereocenters. The largest absolute Gasteiger partial charge is 0.466 e. The van der Waals surface area contributed by atoms with E-state index in [-0.39, 0.29) is 28.5 Å². The predicted octanol–water partition coefficient (Wildman–Crippen LogP) is 2.55. The van der Waals surface area contributed by atoms with Gasteiger partial charge in [0.25, 0.3) is 0 Å². The first-order chi connectivity index (χ1) is 11.0. The third-order valence-electron chi connectivity index (χ3n) is 3.52. The standard InChI is InChI=1S/C14H18N2O5S2/c1-2-21-14(18)10-4-3-6-15(8-10)12(17)9-23-11-5-7-22-13(11)16(19)20/h5,7,10H,2-4,6,8-9H2,1H3. The molecular formula is C14H18N2O5S2. The molecule has 0 spiro atoms. The second kappa shape index (κ2) is 8.30. The van der Waals surface area contributed by atoms with Crippen molar-refractivity contribution >= 4 is 40.0 Å². The third-order valence-corrected chi connectivity index (χ3v) is 5.55. The lowest BCUT2D eigenvalue weighted by Crippen LogP contribution is -2.43. The number of carbonyl (C=O) groups is 2. The van der Waals surface area contributed by atoms with Gasteiger partial charge in [0, 0.05) is 13.1 Å². The van der Waals surface area contributed by atoms with Crippen molar-refractivity contribution in [2.45, 2.75) is 24.7 Å². The first-order valence-corrected chi connectivity index (χ1v) is 9.18. The van der Waals surface area contributed by atoms with Crippen LogP contribution in [0.25, 0.3) is 0 Å². The highest BCUT2D eigenvalue weighted by Crippen LogP contribution is 2.34. The summed E-state index contributed by atoms with van der Waals surface area (Å²) in [6.07, 6.45) is 1.49. The van der Waals surface area contributed by atoms with E-state index in [0.29, 0.717) is 24.6 Å². The van der Waals surface area contributed by atoms with Crippen LogP contribution in [0.4, 0.5) is 5.00 Å². The molecule has 23 heavy (non-hydrogen) atoms. The number of likely N-dealkylation sites (tertiary alicyclic amines) is 1. The Morgan fingerprint density at radius 1 is 1.57 bits per heavy atom. The van der Waals surface area contributed by atoms with Gasteiger partial charge >= 0.3 is 11.0 Å². The molecular weight excluding hydrogens is 340 g/mol. The van der Waals surface area contributed by atoms with Gasteiger partial charge < -0.3 is 9.64 Å². The van der Waals surface area contributed by atoms with Crippen LogP contribution in [0.2, 0.25) is 0 Å². The van der Waals surface area contributed by atoms with Crippen LogP contribution in [0.1, 0.15) is 19.8 Å². The van der Waals surface area contributed by atoms with Crippen LogP contribution in [0, 0.1) is 16.0 Å². The summed E-state index contributed by atoms with van der Waals surface area (Å²) in [5, 5.41) is 12.6. The molecule has 0 N–H and O–H groups in total. The van der Waals surface area contributed by atoms with Crippen LogP contribution in [-0.2, 0) is 14.3 Å². The molecule has 2 heterocycles. The monoisotopic (exact) mass is 358 g/mol. The summed E-state index contributed by atoms with van der Waals surface area (Å²) in [5.41, 5.74) is 0. The average Bonchev–Trinajstić information content (AvgIpc) is 3.01. The molecule has 0 aromatic carbocycles. The van der Waals surface area contributed by atoms with Gasteiger partial charge in [-0.1, -0.05) is 11.3 Å². The van der Waals surface area contributed by atoms with E-state index in [2.05, 4.69) is 0 Å². The van der Waals surface area contributed by atoms with Gasteiger partial charge in [-0.3, -0.25) is 19.7 Å². The number of esters is 1. The van der Waals surface area contributed by atoms with E-state index in [1.807, 2.05) is 0 Å². The van der Waals surface area contributed by atoms with Crippen LogP contribution in [0.15, 0.2) is 16.3 Å². The zero-order chi connectivity index (χ0) is 16.8. The number of nitro groups is 1. The van der Waals surface area contributed by atoms with Crippen molar-refractivity contribution in [1.29, 1.82) is 0 Å². The molecule has 0 aliphatic carbocycles. The molecule has 126 valence electrons. The van der Waals surface area contributed by atoms with Gasteiger partial charge in [-0.05, 0) is 31.2 Å². The van der Waals surface area contributed by atoms with Gasteiger partial charge in [0.1, 0.15) is 0 Å². The molecule has 1 unspecified atom stereocenters. The van der Waals surface area contributed by atoms with Crippen LogP contribution >= 0.6 is 23.1 Å². The van der Waals surface area contributed by atoms with Crippen LogP contribution in [-0.4, -0.2) is 47.1 Å². The Kier molecular flexibility index (Phi) is 6.40. The molecule has 1 aromatic rings. The van der Waals surface area contributed by atoms with Crippen LogP contribution < -0.4 is 0 Å². The Bertz CT molecular complexity index is 589. The second-order valence-electron chi connectivity index (χ2n) is 5.07. The van der Waals surface area contributed by atoms with Gasteiger partial charge in [-0.15, -0.1) is 11.8 Å². The van der Waals surface area contributed by atoms with E-state index in [4.69, 9.17) is 4.74 Å². The molecule has 0 saturated carbocycles. The van der Waals surface area contributed by atoms with Crippen molar-refractivity contribution in [3.63, 3.8) is 0 Å². The van der Waals surface area contributed by atoms with Crippen molar-refractivity contribution in [1.82, 2.24) is 4.90 Å². The number of hydrogen-bond acceptors (Lipinski definition) is 7. The van der Waals surface area contributed by atoms with Crippen molar-refractivity contribution in [2.24, 2.45) is 5.92 Å². The molecule has 2 rings (SSSR count). The fourth-order valence-electron chi connectivity index (χ4n) is 2.42. The van der Waals surface area contributed by atoms with Gasteiger partial charge in [-0.25, -0.2) is 0 Å². The third kappa shape index (κ3) is 4.68. The van der Waals surface area contributed by atoms with Crippen molar-refractivity contribution in [3.05, 3.63) is 21.6 Å². The predicted molar refractivity (Wildman–Crippen MR) is 87.6 cm³/mol. The summed E-state index contributed by atoms with van der Waals surface area (Å²) in [4.78, 5) is 36.7. The van der Waals surface area contributed by atoms with Gasteiger partial charge in [0.15, 0.2) is 0 Å². The summed E-state index contributed by atoms with van der Waals surface area (Å²) >= 11 is 2.21. The Morgan fingerprint density at radius 3 is 3.04 bits per heavy atom. The molecule has 1 saturated heterocycles. The number of piperidine rings is 1. The first-order valence-electron chi connectivity index (χ1n) is 7.32. The number of thiophene rings is 1. The number of amides is 1. The number of nitrogens with zero attached hydrogens (tertiary/aromatic N) is 2. The normalized spacial score (nSPS) is 17.8. The quantitative estimate of drug-likeness (QED) is 0.336. The van der Waals surface area contributed by atoms with E-state index in [9.17, 15) is 19.7 Å². The highest BCUT2D eigenvalue weighted by atomic mass is 32.2. The fourth-order valence-corrected chi connectivity index (χ4v) is 4.25. The number of carbonyl (C=O) groups excluding carboxylic acids is 2. The minimum atomic E-state index is -0.435. The Balaban J connectivity index is 1.89. The highest BCUT2D eigenvalue weighted by Gasteiger charge is 2.29. The van der Waals surface area contributed by atoms with Crippen molar-refractivity contribution in [3.8, 4) is 0 Å². The molecule has 7 nitrogen and oxygen atoms in total. The topological polar surface area (TPSA) is 89.8 Å². The summed E-state index contributed by atoms with van der Waals surface area (Å²) in [7, 11) is 0. The summed E-state index contributed by atoms with van der Waals surface area (Å²) < 4.78 is 5.01. The lowest BCUT2D eigenvalue weighted by Gasteiger charge is -2.31. The molecule has 1 aliphatic rings. The second-order valence-corrected chi connectivity index (χ2v) is 6.98. The van der Waals surface area contributed by atoms with Crippen molar-refractivity contribution in [2.75, 3.05) is 25.4 Å². The zero-order valence-corrected chi connectivity index (χ0v) is 14.4. The first kappa shape index (κ1) is 17.7. The Hall–Kier alpha value is -1.61. The number of rotatable bonds is 6. The van der Waals surface area contributed by atoms with Gasteiger partial charge in [-0.2, -0.15) is 0 Å². The summed E-state index contributed by atoms with van der Waals surface area (Å²) in [6, 6.07) is 1.65. The van der Waals surface area contributed by atoms with E-state index < -0.39 is 4.92 Å². The van der Waals surface area contributed by atoms with Crippen LogP contribution in [0.5, 0.6) is 0 Å². The fraction of sp³-hybridized carbons (Fsp3) is 0.571. The minimum Gasteiger partial charge on any atom is -0.466 e. The Labute approximate surface area is 142 Å².